The topological polar surface area (TPSA) is 32.3 Å². The average Bonchev–Trinajstić information content (AvgIpc) is 2.20. The van der Waals surface area contributed by atoms with Crippen LogP contribution in [0.2, 0.25) is 0 Å². The van der Waals surface area contributed by atoms with Gasteiger partial charge in [0.05, 0.1) is 0 Å². The van der Waals surface area contributed by atoms with Gasteiger partial charge in [0.2, 0.25) is 0 Å². The molecule has 4 heteroatoms. The van der Waals surface area contributed by atoms with Crippen molar-refractivity contribution >= 4 is 10.8 Å². The van der Waals surface area contributed by atoms with Gasteiger partial charge in [-0.2, -0.15) is 0 Å². The van der Waals surface area contributed by atoms with Crippen molar-refractivity contribution in [1.29, 1.82) is 0 Å². The summed E-state index contributed by atoms with van der Waals surface area (Å²) in [4.78, 5) is 2.44. The van der Waals surface area contributed by atoms with Gasteiger partial charge in [0.25, 0.3) is 0 Å². The summed E-state index contributed by atoms with van der Waals surface area (Å²) in [6, 6.07) is 0.505. The van der Waals surface area contributed by atoms with E-state index in [1.54, 1.807) is 0 Å². The summed E-state index contributed by atoms with van der Waals surface area (Å²) in [5, 5.41) is 3.32. The van der Waals surface area contributed by atoms with Crippen LogP contribution in [0.3, 0.4) is 0 Å². The van der Waals surface area contributed by atoms with Gasteiger partial charge in [-0.3, -0.25) is 4.21 Å². The molecule has 0 aromatic rings. The highest BCUT2D eigenvalue weighted by Crippen LogP contribution is 2.22. The normalized spacial score (nSPS) is 22.9. The van der Waals surface area contributed by atoms with Crippen molar-refractivity contribution in [3.63, 3.8) is 0 Å². The molecule has 1 saturated heterocycles. The Labute approximate surface area is 96.1 Å². The Morgan fingerprint density at radius 2 is 1.93 bits per heavy atom. The van der Waals surface area contributed by atoms with E-state index in [0.29, 0.717) is 6.04 Å². The van der Waals surface area contributed by atoms with Gasteiger partial charge in [-0.1, -0.05) is 13.8 Å². The molecule has 90 valence electrons. The average molecular weight is 232 g/mol. The minimum Gasteiger partial charge on any atom is -0.317 e. The lowest BCUT2D eigenvalue weighted by Gasteiger charge is -2.38. The van der Waals surface area contributed by atoms with Gasteiger partial charge < -0.3 is 10.2 Å². The predicted octanol–water partition coefficient (Wildman–Crippen LogP) is 0.685. The molecule has 3 nitrogen and oxygen atoms in total. The van der Waals surface area contributed by atoms with Crippen LogP contribution < -0.4 is 5.32 Å². The smallest absolute Gasteiger partial charge is 0.0363 e. The molecular weight excluding hydrogens is 208 g/mol. The minimum atomic E-state index is -0.559. The van der Waals surface area contributed by atoms with E-state index in [0.717, 1.165) is 31.1 Å². The van der Waals surface area contributed by atoms with Gasteiger partial charge in [0, 0.05) is 48.0 Å². The first-order chi connectivity index (χ1) is 6.95. The summed E-state index contributed by atoms with van der Waals surface area (Å²) in [6.07, 6.45) is 0. The second kappa shape index (κ2) is 5.41. The summed E-state index contributed by atoms with van der Waals surface area (Å²) in [5.41, 5.74) is 0.271. The highest BCUT2D eigenvalue weighted by atomic mass is 32.2. The van der Waals surface area contributed by atoms with E-state index >= 15 is 0 Å². The molecule has 1 unspecified atom stereocenters. The Bertz CT molecular complexity index is 221. The fourth-order valence-corrected chi connectivity index (χ4v) is 3.07. The Morgan fingerprint density at radius 1 is 1.40 bits per heavy atom. The van der Waals surface area contributed by atoms with Gasteiger partial charge in [-0.15, -0.1) is 0 Å². The number of nitrogens with one attached hydrogen (secondary N) is 1. The van der Waals surface area contributed by atoms with Crippen LogP contribution in [-0.4, -0.2) is 53.3 Å². The highest BCUT2D eigenvalue weighted by Gasteiger charge is 2.28. The van der Waals surface area contributed by atoms with Crippen molar-refractivity contribution in [2.75, 3.05) is 38.2 Å². The molecule has 0 bridgehead atoms. The Kier molecular flexibility index (Phi) is 4.74. The van der Waals surface area contributed by atoms with Crippen LogP contribution in [0, 0.1) is 5.41 Å². The largest absolute Gasteiger partial charge is 0.317 e. The van der Waals surface area contributed by atoms with Crippen molar-refractivity contribution in [2.24, 2.45) is 5.41 Å². The van der Waals surface area contributed by atoms with Gasteiger partial charge in [0.1, 0.15) is 0 Å². The molecule has 1 rings (SSSR count). The number of hydrogen-bond donors (Lipinski definition) is 1. The molecule has 0 aromatic heterocycles. The summed E-state index contributed by atoms with van der Waals surface area (Å²) >= 11 is 0. The van der Waals surface area contributed by atoms with Crippen molar-refractivity contribution in [2.45, 2.75) is 26.8 Å². The lowest BCUT2D eigenvalue weighted by Crippen LogP contribution is -2.49. The standard InChI is InChI=1S/C11H24N2OS/c1-10(12-4)11(2,3)9-13-5-7-15(14)8-6-13/h10,12H,5-9H2,1-4H3. The third kappa shape index (κ3) is 3.85. The summed E-state index contributed by atoms with van der Waals surface area (Å²) in [7, 11) is 1.45. The van der Waals surface area contributed by atoms with Crippen molar-refractivity contribution in [1.82, 2.24) is 10.2 Å². The molecule has 0 saturated carbocycles. The second-order valence-electron chi connectivity index (χ2n) is 5.12. The van der Waals surface area contributed by atoms with Gasteiger partial charge >= 0.3 is 0 Å². The molecule has 0 aliphatic carbocycles. The van der Waals surface area contributed by atoms with Crippen LogP contribution in [0.15, 0.2) is 0 Å². The van der Waals surface area contributed by atoms with Crippen LogP contribution in [-0.2, 0) is 10.8 Å². The van der Waals surface area contributed by atoms with Gasteiger partial charge in [0.15, 0.2) is 0 Å². The second-order valence-corrected chi connectivity index (χ2v) is 6.82. The molecule has 1 aliphatic rings. The fraction of sp³-hybridized carbons (Fsp3) is 1.00. The zero-order chi connectivity index (χ0) is 11.5. The molecule has 0 spiro atoms. The summed E-state index contributed by atoms with van der Waals surface area (Å²) in [5.74, 6) is 1.70. The first-order valence-corrected chi connectivity index (χ1v) is 7.19. The van der Waals surface area contributed by atoms with Gasteiger partial charge in [-0.25, -0.2) is 0 Å². The Balaban J connectivity index is 2.43. The summed E-state index contributed by atoms with van der Waals surface area (Å²) in [6.45, 7) is 9.88. The van der Waals surface area contributed by atoms with E-state index in [-0.39, 0.29) is 5.41 Å². The highest BCUT2D eigenvalue weighted by molar-refractivity contribution is 7.85. The zero-order valence-corrected chi connectivity index (χ0v) is 11.2. The molecule has 1 fully saturated rings. The zero-order valence-electron chi connectivity index (χ0n) is 10.4. The third-order valence-corrected chi connectivity index (χ3v) is 4.78. The SMILES string of the molecule is CNC(C)C(C)(C)CN1CCS(=O)CC1. The maximum Gasteiger partial charge on any atom is 0.0363 e. The molecular formula is C11H24N2OS. The first kappa shape index (κ1) is 13.1. The predicted molar refractivity (Wildman–Crippen MR) is 66.6 cm³/mol. The molecule has 1 N–H and O–H groups in total. The van der Waals surface area contributed by atoms with Crippen LogP contribution in [0.25, 0.3) is 0 Å². The van der Waals surface area contributed by atoms with Gasteiger partial charge in [-0.05, 0) is 19.4 Å². The van der Waals surface area contributed by atoms with E-state index in [1.807, 2.05) is 7.05 Å². The van der Waals surface area contributed by atoms with E-state index in [4.69, 9.17) is 0 Å². The molecule has 0 aromatic carbocycles. The third-order valence-electron chi connectivity index (χ3n) is 3.51. The first-order valence-electron chi connectivity index (χ1n) is 5.70. The molecule has 15 heavy (non-hydrogen) atoms. The van der Waals surface area contributed by atoms with Crippen LogP contribution in [0.1, 0.15) is 20.8 Å². The molecule has 1 atom stereocenters. The molecule has 0 radical (unpaired) electrons. The van der Waals surface area contributed by atoms with Crippen LogP contribution >= 0.6 is 0 Å². The molecule has 1 aliphatic heterocycles. The van der Waals surface area contributed by atoms with E-state index in [9.17, 15) is 4.21 Å². The maximum absolute atomic E-state index is 11.2. The van der Waals surface area contributed by atoms with Crippen molar-refractivity contribution in [3.05, 3.63) is 0 Å². The van der Waals surface area contributed by atoms with Crippen molar-refractivity contribution < 1.29 is 4.21 Å². The number of rotatable bonds is 4. The Hall–Kier alpha value is 0.0700. The minimum absolute atomic E-state index is 0.271. The van der Waals surface area contributed by atoms with Crippen molar-refractivity contribution in [3.8, 4) is 0 Å². The quantitative estimate of drug-likeness (QED) is 0.774. The van der Waals surface area contributed by atoms with Crippen LogP contribution in [0.4, 0.5) is 0 Å². The lowest BCUT2D eigenvalue weighted by atomic mass is 9.85. The summed E-state index contributed by atoms with van der Waals surface area (Å²) < 4.78 is 11.2. The number of hydrogen-bond acceptors (Lipinski definition) is 3. The fourth-order valence-electron chi connectivity index (χ4n) is 1.94. The van der Waals surface area contributed by atoms with E-state index in [1.165, 1.54) is 0 Å². The number of nitrogens with zero attached hydrogens (tertiary/aromatic N) is 1. The monoisotopic (exact) mass is 232 g/mol. The Morgan fingerprint density at radius 3 is 2.40 bits per heavy atom. The van der Waals surface area contributed by atoms with Crippen LogP contribution in [0.5, 0.6) is 0 Å². The van der Waals surface area contributed by atoms with E-state index < -0.39 is 10.8 Å². The molecule has 1 heterocycles. The molecule has 0 amide bonds. The lowest BCUT2D eigenvalue weighted by molar-refractivity contribution is 0.155. The van der Waals surface area contributed by atoms with E-state index in [2.05, 4.69) is 31.0 Å². The maximum atomic E-state index is 11.2.